The van der Waals surface area contributed by atoms with Gasteiger partial charge in [0.1, 0.15) is 0 Å². The van der Waals surface area contributed by atoms with Crippen LogP contribution in [-0.4, -0.2) is 54.3 Å². The summed E-state index contributed by atoms with van der Waals surface area (Å²) in [6.07, 6.45) is 4.44. The number of carbonyl (C=O) groups excluding carboxylic acids is 1. The van der Waals surface area contributed by atoms with Crippen molar-refractivity contribution < 1.29 is 4.79 Å². The average molecular weight is 273 g/mol. The van der Waals surface area contributed by atoms with E-state index in [4.69, 9.17) is 11.6 Å². The van der Waals surface area contributed by atoms with Crippen LogP contribution in [0, 0.1) is 11.8 Å². The quantitative estimate of drug-likeness (QED) is 0.717. The van der Waals surface area contributed by atoms with Crippen LogP contribution in [0.25, 0.3) is 0 Å². The number of alkyl halides is 1. The molecule has 1 atom stereocenters. The van der Waals surface area contributed by atoms with E-state index in [1.165, 1.54) is 38.9 Å². The van der Waals surface area contributed by atoms with Crippen molar-refractivity contribution in [2.75, 3.05) is 38.6 Å². The number of amides is 1. The highest BCUT2D eigenvalue weighted by atomic mass is 35.5. The maximum absolute atomic E-state index is 11.8. The summed E-state index contributed by atoms with van der Waals surface area (Å²) in [6, 6.07) is 0. The number of hydrogen-bond acceptors (Lipinski definition) is 2. The van der Waals surface area contributed by atoms with Gasteiger partial charge in [0, 0.05) is 25.4 Å². The lowest BCUT2D eigenvalue weighted by Crippen LogP contribution is -2.35. The minimum absolute atomic E-state index is 0.312. The molecule has 1 amide bonds. The van der Waals surface area contributed by atoms with E-state index < -0.39 is 0 Å². The van der Waals surface area contributed by atoms with Crippen molar-refractivity contribution >= 4 is 17.5 Å². The molecule has 0 N–H and O–H groups in total. The highest BCUT2D eigenvalue weighted by Crippen LogP contribution is 2.24. The third kappa shape index (κ3) is 3.61. The molecule has 104 valence electrons. The van der Waals surface area contributed by atoms with Crippen LogP contribution < -0.4 is 0 Å². The number of carbonyl (C=O) groups is 1. The Bertz CT molecular complexity index is 277. The van der Waals surface area contributed by atoms with Crippen molar-refractivity contribution in [1.82, 2.24) is 9.80 Å². The van der Waals surface area contributed by atoms with Crippen LogP contribution in [0.15, 0.2) is 0 Å². The van der Waals surface area contributed by atoms with Gasteiger partial charge >= 0.3 is 0 Å². The van der Waals surface area contributed by atoms with Crippen molar-refractivity contribution in [3.8, 4) is 0 Å². The molecule has 4 heteroatoms. The highest BCUT2D eigenvalue weighted by molar-refractivity contribution is 6.18. The van der Waals surface area contributed by atoms with Crippen molar-refractivity contribution in [3.05, 3.63) is 0 Å². The Kier molecular flexibility index (Phi) is 5.31. The molecule has 1 unspecified atom stereocenters. The fraction of sp³-hybridized carbons (Fsp3) is 0.929. The summed E-state index contributed by atoms with van der Waals surface area (Å²) in [6.45, 7) is 7.71. The summed E-state index contributed by atoms with van der Waals surface area (Å²) in [5, 5.41) is 0. The predicted molar refractivity (Wildman–Crippen MR) is 74.9 cm³/mol. The lowest BCUT2D eigenvalue weighted by atomic mass is 9.93. The Hall–Kier alpha value is -0.280. The Morgan fingerprint density at radius 3 is 2.56 bits per heavy atom. The molecule has 0 spiro atoms. The Balaban J connectivity index is 1.68. The normalized spacial score (nSPS) is 27.1. The third-order valence-electron chi connectivity index (χ3n) is 4.47. The number of nitrogens with zero attached hydrogens (tertiary/aromatic N) is 2. The van der Waals surface area contributed by atoms with Crippen molar-refractivity contribution in [2.24, 2.45) is 11.8 Å². The number of hydrogen-bond donors (Lipinski definition) is 0. The number of halogens is 1. The van der Waals surface area contributed by atoms with Crippen LogP contribution in [0.1, 0.15) is 32.6 Å². The largest absolute Gasteiger partial charge is 0.342 e. The first-order valence-corrected chi connectivity index (χ1v) is 7.82. The molecule has 2 aliphatic rings. The molecule has 2 rings (SSSR count). The van der Waals surface area contributed by atoms with Crippen molar-refractivity contribution in [1.29, 1.82) is 0 Å². The first-order valence-electron chi connectivity index (χ1n) is 7.29. The van der Waals surface area contributed by atoms with Crippen LogP contribution in [-0.2, 0) is 4.79 Å². The number of likely N-dealkylation sites (tertiary alicyclic amines) is 2. The van der Waals surface area contributed by atoms with Crippen LogP contribution >= 0.6 is 11.6 Å². The molecule has 0 aromatic carbocycles. The maximum Gasteiger partial charge on any atom is 0.222 e. The molecule has 2 aliphatic heterocycles. The first kappa shape index (κ1) is 14.1. The molecule has 2 heterocycles. The van der Waals surface area contributed by atoms with E-state index in [2.05, 4.69) is 11.8 Å². The van der Waals surface area contributed by atoms with Crippen LogP contribution in [0.2, 0.25) is 0 Å². The van der Waals surface area contributed by atoms with E-state index in [1.54, 1.807) is 0 Å². The van der Waals surface area contributed by atoms with E-state index in [0.717, 1.165) is 19.0 Å². The highest BCUT2D eigenvalue weighted by Gasteiger charge is 2.29. The monoisotopic (exact) mass is 272 g/mol. The summed E-state index contributed by atoms with van der Waals surface area (Å²) in [5.41, 5.74) is 0. The minimum atomic E-state index is 0.312. The Labute approximate surface area is 115 Å². The van der Waals surface area contributed by atoms with Crippen molar-refractivity contribution in [2.45, 2.75) is 32.6 Å². The van der Waals surface area contributed by atoms with E-state index in [1.807, 2.05) is 4.90 Å². The molecule has 0 radical (unpaired) electrons. The zero-order chi connectivity index (χ0) is 13.0. The zero-order valence-corrected chi connectivity index (χ0v) is 12.2. The second-order valence-electron chi connectivity index (χ2n) is 5.73. The Morgan fingerprint density at radius 2 is 2.00 bits per heavy atom. The predicted octanol–water partition coefficient (Wildman–Crippen LogP) is 2.20. The molecule has 18 heavy (non-hydrogen) atoms. The summed E-state index contributed by atoms with van der Waals surface area (Å²) < 4.78 is 0. The fourth-order valence-electron chi connectivity index (χ4n) is 3.10. The summed E-state index contributed by atoms with van der Waals surface area (Å²) in [4.78, 5) is 16.3. The van der Waals surface area contributed by atoms with Gasteiger partial charge in [-0.05, 0) is 50.7 Å². The van der Waals surface area contributed by atoms with Gasteiger partial charge in [-0.15, -0.1) is 11.6 Å². The molecule has 0 aromatic heterocycles. The number of rotatable bonds is 5. The second kappa shape index (κ2) is 6.76. The van der Waals surface area contributed by atoms with Gasteiger partial charge in [0.2, 0.25) is 5.91 Å². The lowest BCUT2D eigenvalue weighted by molar-refractivity contribution is -0.127. The van der Waals surface area contributed by atoms with Gasteiger partial charge in [0.15, 0.2) is 0 Å². The molecule has 0 aromatic rings. The van der Waals surface area contributed by atoms with Gasteiger partial charge in [-0.25, -0.2) is 0 Å². The number of piperidine rings is 1. The summed E-state index contributed by atoms with van der Waals surface area (Å²) >= 11 is 5.83. The third-order valence-corrected chi connectivity index (χ3v) is 4.91. The van der Waals surface area contributed by atoms with E-state index in [0.29, 0.717) is 24.1 Å². The molecule has 0 saturated carbocycles. The molecule has 2 fully saturated rings. The first-order chi connectivity index (χ1) is 8.72. The van der Waals surface area contributed by atoms with Gasteiger partial charge in [-0.2, -0.15) is 0 Å². The minimum Gasteiger partial charge on any atom is -0.342 e. The Morgan fingerprint density at radius 1 is 1.28 bits per heavy atom. The molecule has 3 nitrogen and oxygen atoms in total. The van der Waals surface area contributed by atoms with E-state index in [-0.39, 0.29) is 0 Å². The maximum atomic E-state index is 11.8. The van der Waals surface area contributed by atoms with Gasteiger partial charge in [-0.3, -0.25) is 4.79 Å². The fourth-order valence-corrected chi connectivity index (χ4v) is 3.31. The molecule has 0 aliphatic carbocycles. The van der Waals surface area contributed by atoms with Crippen LogP contribution in [0.5, 0.6) is 0 Å². The average Bonchev–Trinajstić information content (AvgIpc) is 2.77. The van der Waals surface area contributed by atoms with E-state index in [9.17, 15) is 4.79 Å². The summed E-state index contributed by atoms with van der Waals surface area (Å²) in [5.74, 6) is 2.14. The molecular formula is C14H25ClN2O. The topological polar surface area (TPSA) is 23.6 Å². The summed E-state index contributed by atoms with van der Waals surface area (Å²) in [7, 11) is 0. The van der Waals surface area contributed by atoms with Gasteiger partial charge in [-0.1, -0.05) is 6.92 Å². The van der Waals surface area contributed by atoms with Gasteiger partial charge in [0.05, 0.1) is 0 Å². The van der Waals surface area contributed by atoms with Crippen molar-refractivity contribution in [3.63, 3.8) is 0 Å². The van der Waals surface area contributed by atoms with Gasteiger partial charge < -0.3 is 9.80 Å². The lowest BCUT2D eigenvalue weighted by Gasteiger charge is -2.31. The van der Waals surface area contributed by atoms with E-state index >= 15 is 0 Å². The smallest absolute Gasteiger partial charge is 0.222 e. The second-order valence-corrected chi connectivity index (χ2v) is 6.04. The van der Waals surface area contributed by atoms with Crippen LogP contribution in [0.4, 0.5) is 0 Å². The molecular weight excluding hydrogens is 248 g/mol. The van der Waals surface area contributed by atoms with Gasteiger partial charge in [0.25, 0.3) is 0 Å². The molecule has 0 bridgehead atoms. The van der Waals surface area contributed by atoms with Crippen LogP contribution in [0.3, 0.4) is 0 Å². The standard InChI is InChI=1S/C14H25ClN2O/c1-2-16-6-3-12(4-7-16)5-8-17-11-13(10-15)9-14(17)18/h12-13H,2-11H2,1H3. The zero-order valence-electron chi connectivity index (χ0n) is 11.4. The molecule has 2 saturated heterocycles. The SMILES string of the molecule is CCN1CCC(CCN2CC(CCl)CC2=O)CC1.